The normalized spacial score (nSPS) is 19.2. The summed E-state index contributed by atoms with van der Waals surface area (Å²) in [6.45, 7) is 0. The van der Waals surface area contributed by atoms with Gasteiger partial charge in [-0.15, -0.1) is 0 Å². The molecule has 1 amide bonds. The van der Waals surface area contributed by atoms with Crippen LogP contribution in [0.15, 0.2) is 55.1 Å². The minimum Gasteiger partial charge on any atom is -0.326 e. The first kappa shape index (κ1) is 14.7. The predicted molar refractivity (Wildman–Crippen MR) is 88.4 cm³/mol. The van der Waals surface area contributed by atoms with Crippen molar-refractivity contribution in [1.82, 2.24) is 14.3 Å². The molecule has 2 aromatic heterocycles. The number of amides is 1. The van der Waals surface area contributed by atoms with E-state index < -0.39 is 0 Å². The van der Waals surface area contributed by atoms with Crippen molar-refractivity contribution in [3.8, 4) is 5.69 Å². The molecule has 122 valence electrons. The molecule has 1 aliphatic carbocycles. The monoisotopic (exact) mass is 324 g/mol. The Morgan fingerprint density at radius 1 is 1.33 bits per heavy atom. The topological polar surface area (TPSA) is 51.9 Å². The molecule has 5 nitrogen and oxygen atoms in total. The molecule has 1 fully saturated rings. The van der Waals surface area contributed by atoms with Crippen LogP contribution in [0.1, 0.15) is 17.9 Å². The van der Waals surface area contributed by atoms with Gasteiger partial charge in [-0.05, 0) is 48.2 Å². The van der Waals surface area contributed by atoms with E-state index in [1.807, 2.05) is 25.4 Å². The molecular weight excluding hydrogens is 307 g/mol. The van der Waals surface area contributed by atoms with Gasteiger partial charge in [0, 0.05) is 37.2 Å². The average Bonchev–Trinajstić information content (AvgIpc) is 2.96. The molecule has 6 heteroatoms. The largest absolute Gasteiger partial charge is 0.326 e. The summed E-state index contributed by atoms with van der Waals surface area (Å²) in [5.41, 5.74) is 2.10. The number of anilines is 1. The van der Waals surface area contributed by atoms with Gasteiger partial charge in [-0.2, -0.15) is 5.10 Å². The lowest BCUT2D eigenvalue weighted by Crippen LogP contribution is -2.15. The molecule has 0 spiro atoms. The van der Waals surface area contributed by atoms with Crippen molar-refractivity contribution in [2.75, 3.05) is 5.32 Å². The summed E-state index contributed by atoms with van der Waals surface area (Å²) in [4.78, 5) is 12.4. The SMILES string of the molecule is Cn1cc([C@H]2C[C@@H]2C(=O)Nc2ccc(F)c(-n3cccc3)c2)cn1. The summed E-state index contributed by atoms with van der Waals surface area (Å²) in [6, 6.07) is 8.26. The lowest BCUT2D eigenvalue weighted by atomic mass is 10.2. The van der Waals surface area contributed by atoms with E-state index in [1.54, 1.807) is 40.0 Å². The Bertz CT molecular complexity index is 884. The fraction of sp³-hybridized carbons (Fsp3) is 0.222. The van der Waals surface area contributed by atoms with Crippen molar-refractivity contribution in [2.24, 2.45) is 13.0 Å². The number of carbonyl (C=O) groups is 1. The molecule has 1 aliphatic rings. The number of hydrogen-bond acceptors (Lipinski definition) is 2. The Kier molecular flexibility index (Phi) is 3.45. The molecule has 2 heterocycles. The molecule has 2 atom stereocenters. The van der Waals surface area contributed by atoms with E-state index in [0.717, 1.165) is 12.0 Å². The zero-order valence-electron chi connectivity index (χ0n) is 13.2. The minimum absolute atomic E-state index is 0.0334. The third kappa shape index (κ3) is 2.71. The summed E-state index contributed by atoms with van der Waals surface area (Å²) in [5, 5.41) is 7.04. The van der Waals surface area contributed by atoms with Gasteiger partial charge >= 0.3 is 0 Å². The quantitative estimate of drug-likeness (QED) is 0.802. The van der Waals surface area contributed by atoms with Gasteiger partial charge < -0.3 is 9.88 Å². The van der Waals surface area contributed by atoms with Gasteiger partial charge in [0.1, 0.15) is 5.82 Å². The smallest absolute Gasteiger partial charge is 0.228 e. The molecule has 0 aliphatic heterocycles. The Morgan fingerprint density at radius 3 is 2.83 bits per heavy atom. The molecule has 0 radical (unpaired) electrons. The van der Waals surface area contributed by atoms with Gasteiger partial charge in [-0.1, -0.05) is 0 Å². The van der Waals surface area contributed by atoms with E-state index in [-0.39, 0.29) is 23.6 Å². The van der Waals surface area contributed by atoms with Crippen LogP contribution < -0.4 is 5.32 Å². The highest BCUT2D eigenvalue weighted by Gasteiger charge is 2.44. The van der Waals surface area contributed by atoms with E-state index in [2.05, 4.69) is 10.4 Å². The summed E-state index contributed by atoms with van der Waals surface area (Å²) in [5.74, 6) is -0.185. The van der Waals surface area contributed by atoms with Gasteiger partial charge in [0.2, 0.25) is 5.91 Å². The highest BCUT2D eigenvalue weighted by atomic mass is 19.1. The van der Waals surface area contributed by atoms with Crippen molar-refractivity contribution in [1.29, 1.82) is 0 Å². The van der Waals surface area contributed by atoms with Gasteiger partial charge in [-0.3, -0.25) is 9.48 Å². The summed E-state index contributed by atoms with van der Waals surface area (Å²) < 4.78 is 17.4. The van der Waals surface area contributed by atoms with Gasteiger partial charge in [0.25, 0.3) is 0 Å². The fourth-order valence-electron chi connectivity index (χ4n) is 3.00. The molecule has 1 aromatic carbocycles. The predicted octanol–water partition coefficient (Wildman–Crippen LogP) is 3.09. The van der Waals surface area contributed by atoms with Gasteiger partial charge in [0.05, 0.1) is 11.9 Å². The average molecular weight is 324 g/mol. The number of aryl methyl sites for hydroxylation is 1. The molecule has 1 N–H and O–H groups in total. The summed E-state index contributed by atoms with van der Waals surface area (Å²) >= 11 is 0. The number of hydrogen-bond donors (Lipinski definition) is 1. The maximum absolute atomic E-state index is 14.0. The highest BCUT2D eigenvalue weighted by molar-refractivity contribution is 5.95. The van der Waals surface area contributed by atoms with Crippen LogP contribution in [0.25, 0.3) is 5.69 Å². The van der Waals surface area contributed by atoms with Crippen molar-refractivity contribution in [2.45, 2.75) is 12.3 Å². The maximum Gasteiger partial charge on any atom is 0.228 e. The van der Waals surface area contributed by atoms with Crippen LogP contribution in [0.5, 0.6) is 0 Å². The number of aromatic nitrogens is 3. The number of benzene rings is 1. The second-order valence-electron chi connectivity index (χ2n) is 6.14. The summed E-state index contributed by atoms with van der Waals surface area (Å²) in [7, 11) is 1.86. The van der Waals surface area contributed by atoms with Crippen LogP contribution in [0.3, 0.4) is 0 Å². The van der Waals surface area contributed by atoms with Crippen LogP contribution in [0.2, 0.25) is 0 Å². The second-order valence-corrected chi connectivity index (χ2v) is 6.14. The molecule has 24 heavy (non-hydrogen) atoms. The zero-order chi connectivity index (χ0) is 16.7. The van der Waals surface area contributed by atoms with Crippen LogP contribution >= 0.6 is 0 Å². The van der Waals surface area contributed by atoms with E-state index in [0.29, 0.717) is 11.4 Å². The lowest BCUT2D eigenvalue weighted by Gasteiger charge is -2.09. The van der Waals surface area contributed by atoms with E-state index in [1.165, 1.54) is 6.07 Å². The molecule has 0 saturated heterocycles. The third-order valence-corrected chi connectivity index (χ3v) is 4.38. The molecule has 4 rings (SSSR count). The zero-order valence-corrected chi connectivity index (χ0v) is 13.2. The second kappa shape index (κ2) is 5.63. The maximum atomic E-state index is 14.0. The summed E-state index contributed by atoms with van der Waals surface area (Å²) in [6.07, 6.45) is 8.11. The van der Waals surface area contributed by atoms with Crippen LogP contribution in [0.4, 0.5) is 10.1 Å². The molecule has 0 unspecified atom stereocenters. The Labute approximate surface area is 138 Å². The van der Waals surface area contributed by atoms with E-state index in [4.69, 9.17) is 0 Å². The van der Waals surface area contributed by atoms with Gasteiger partial charge in [-0.25, -0.2) is 4.39 Å². The molecule has 0 bridgehead atoms. The number of halogens is 1. The first-order valence-electron chi connectivity index (χ1n) is 7.84. The number of nitrogens with zero attached hydrogens (tertiary/aromatic N) is 3. The Morgan fingerprint density at radius 2 is 2.12 bits per heavy atom. The number of carbonyl (C=O) groups excluding carboxylic acids is 1. The van der Waals surface area contributed by atoms with Crippen LogP contribution in [-0.4, -0.2) is 20.3 Å². The van der Waals surface area contributed by atoms with Crippen LogP contribution in [0, 0.1) is 11.7 Å². The Hall–Kier alpha value is -2.89. The van der Waals surface area contributed by atoms with E-state index >= 15 is 0 Å². The first-order valence-corrected chi connectivity index (χ1v) is 7.84. The molecule has 1 saturated carbocycles. The third-order valence-electron chi connectivity index (χ3n) is 4.38. The standard InChI is InChI=1S/C18H17FN4O/c1-22-11-12(10-20-22)14-9-15(14)18(24)21-13-4-5-16(19)17(8-13)23-6-2-3-7-23/h2-8,10-11,14-15H,9H2,1H3,(H,21,24)/t14-,15+/m1/s1. The van der Waals surface area contributed by atoms with Gasteiger partial charge in [0.15, 0.2) is 0 Å². The first-order chi connectivity index (χ1) is 11.6. The van der Waals surface area contributed by atoms with E-state index in [9.17, 15) is 9.18 Å². The molecule has 3 aromatic rings. The Balaban J connectivity index is 1.48. The molecular formula is C18H17FN4O. The number of nitrogens with one attached hydrogen (secondary N) is 1. The van der Waals surface area contributed by atoms with Crippen molar-refractivity contribution < 1.29 is 9.18 Å². The highest BCUT2D eigenvalue weighted by Crippen LogP contribution is 2.47. The van der Waals surface area contributed by atoms with Crippen molar-refractivity contribution >= 4 is 11.6 Å². The van der Waals surface area contributed by atoms with Crippen LogP contribution in [-0.2, 0) is 11.8 Å². The fourth-order valence-corrected chi connectivity index (χ4v) is 3.00. The lowest BCUT2D eigenvalue weighted by molar-refractivity contribution is -0.117. The van der Waals surface area contributed by atoms with Crippen molar-refractivity contribution in [3.63, 3.8) is 0 Å². The minimum atomic E-state index is -0.330. The van der Waals surface area contributed by atoms with Crippen molar-refractivity contribution in [3.05, 3.63) is 66.5 Å². The number of rotatable bonds is 4.